The van der Waals surface area contributed by atoms with Gasteiger partial charge >= 0.3 is 0 Å². The van der Waals surface area contributed by atoms with Crippen molar-refractivity contribution >= 4 is 17.5 Å². The fourth-order valence-electron chi connectivity index (χ4n) is 3.00. The van der Waals surface area contributed by atoms with Crippen LogP contribution in [0.4, 0.5) is 5.69 Å². The molecule has 2 amide bonds. The lowest BCUT2D eigenvalue weighted by Gasteiger charge is -2.21. The fourth-order valence-corrected chi connectivity index (χ4v) is 3.00. The van der Waals surface area contributed by atoms with Crippen LogP contribution < -0.4 is 10.6 Å². The second-order valence-electron chi connectivity index (χ2n) is 6.81. The number of anilines is 1. The number of carbonyl (C=O) groups excluding carboxylic acids is 2. The summed E-state index contributed by atoms with van der Waals surface area (Å²) in [7, 11) is 0. The highest BCUT2D eigenvalue weighted by molar-refractivity contribution is 5.98. The van der Waals surface area contributed by atoms with Gasteiger partial charge in [-0.15, -0.1) is 0 Å². The molecule has 0 saturated heterocycles. The second kappa shape index (κ2) is 7.13. The van der Waals surface area contributed by atoms with Gasteiger partial charge in [0.1, 0.15) is 0 Å². The Balaban J connectivity index is 2.05. The number of hydrogen-bond acceptors (Lipinski definition) is 3. The van der Waals surface area contributed by atoms with E-state index in [0.29, 0.717) is 24.1 Å². The van der Waals surface area contributed by atoms with Crippen LogP contribution in [-0.4, -0.2) is 28.6 Å². The van der Waals surface area contributed by atoms with Crippen LogP contribution in [0.3, 0.4) is 0 Å². The summed E-state index contributed by atoms with van der Waals surface area (Å²) in [6.45, 7) is 5.67. The Bertz CT molecular complexity index is 590. The average molecular weight is 318 g/mol. The van der Waals surface area contributed by atoms with Gasteiger partial charge in [0, 0.05) is 17.3 Å². The summed E-state index contributed by atoms with van der Waals surface area (Å²) >= 11 is 0. The number of nitrogens with one attached hydrogen (secondary N) is 2. The molecule has 23 heavy (non-hydrogen) atoms. The smallest absolute Gasteiger partial charge is 0.251 e. The molecule has 1 aromatic rings. The summed E-state index contributed by atoms with van der Waals surface area (Å²) in [4.78, 5) is 24.3. The molecule has 0 radical (unpaired) electrons. The predicted octanol–water partition coefficient (Wildman–Crippen LogP) is 2.77. The van der Waals surface area contributed by atoms with Crippen LogP contribution in [0.5, 0.6) is 0 Å². The third-order valence-corrected chi connectivity index (χ3v) is 4.21. The van der Waals surface area contributed by atoms with Crippen LogP contribution in [0.1, 0.15) is 61.9 Å². The molecule has 0 unspecified atom stereocenters. The average Bonchev–Trinajstić information content (AvgIpc) is 2.86. The van der Waals surface area contributed by atoms with E-state index in [4.69, 9.17) is 0 Å². The molecule has 0 aliphatic heterocycles. The normalized spacial score (nSPS) is 16.4. The van der Waals surface area contributed by atoms with E-state index >= 15 is 0 Å². The Morgan fingerprint density at radius 3 is 2.52 bits per heavy atom. The summed E-state index contributed by atoms with van der Waals surface area (Å²) in [5.41, 5.74) is 1.12. The van der Waals surface area contributed by atoms with Gasteiger partial charge in [-0.2, -0.15) is 0 Å². The molecule has 126 valence electrons. The largest absolute Gasteiger partial charge is 0.389 e. The number of carbonyl (C=O) groups is 2. The van der Waals surface area contributed by atoms with E-state index in [1.54, 1.807) is 12.1 Å². The first-order valence-electron chi connectivity index (χ1n) is 8.23. The number of aliphatic hydroxyl groups is 1. The molecule has 0 aromatic heterocycles. The van der Waals surface area contributed by atoms with E-state index in [0.717, 1.165) is 18.4 Å². The molecule has 1 aliphatic carbocycles. The van der Waals surface area contributed by atoms with Crippen molar-refractivity contribution in [2.24, 2.45) is 0 Å². The van der Waals surface area contributed by atoms with E-state index < -0.39 is 5.60 Å². The first-order valence-corrected chi connectivity index (χ1v) is 8.23. The maximum Gasteiger partial charge on any atom is 0.251 e. The maximum absolute atomic E-state index is 12.2. The van der Waals surface area contributed by atoms with Crippen molar-refractivity contribution in [3.8, 4) is 0 Å². The van der Waals surface area contributed by atoms with E-state index in [-0.39, 0.29) is 24.3 Å². The monoisotopic (exact) mass is 318 g/mol. The number of amides is 2. The lowest BCUT2D eigenvalue weighted by atomic mass is 9.97. The SMILES string of the molecule is Cc1ccc(NC(=O)CC2(O)CCCC2)cc1C(=O)NC(C)C. The summed E-state index contributed by atoms with van der Waals surface area (Å²) < 4.78 is 0. The number of hydrogen-bond donors (Lipinski definition) is 3. The Kier molecular flexibility index (Phi) is 5.42. The maximum atomic E-state index is 12.2. The molecule has 0 heterocycles. The predicted molar refractivity (Wildman–Crippen MR) is 90.4 cm³/mol. The van der Waals surface area contributed by atoms with Crippen molar-refractivity contribution in [3.05, 3.63) is 29.3 Å². The Hall–Kier alpha value is -1.88. The van der Waals surface area contributed by atoms with E-state index in [2.05, 4.69) is 10.6 Å². The summed E-state index contributed by atoms with van der Waals surface area (Å²) in [5.74, 6) is -0.364. The summed E-state index contributed by atoms with van der Waals surface area (Å²) in [6.07, 6.45) is 3.39. The van der Waals surface area contributed by atoms with Crippen molar-refractivity contribution in [1.29, 1.82) is 0 Å². The molecule has 3 N–H and O–H groups in total. The van der Waals surface area contributed by atoms with Gasteiger partial charge in [0.15, 0.2) is 0 Å². The molecule has 0 bridgehead atoms. The van der Waals surface area contributed by atoms with Gasteiger partial charge < -0.3 is 15.7 Å². The number of benzene rings is 1. The lowest BCUT2D eigenvalue weighted by Crippen LogP contribution is -2.31. The van der Waals surface area contributed by atoms with E-state index in [9.17, 15) is 14.7 Å². The van der Waals surface area contributed by atoms with Crippen molar-refractivity contribution in [2.45, 2.75) is 64.5 Å². The molecule has 2 rings (SSSR count). The lowest BCUT2D eigenvalue weighted by molar-refractivity contribution is -0.120. The van der Waals surface area contributed by atoms with Gasteiger partial charge in [-0.3, -0.25) is 9.59 Å². The summed E-state index contributed by atoms with van der Waals surface area (Å²) in [5, 5.41) is 15.9. The van der Waals surface area contributed by atoms with Gasteiger partial charge in [-0.1, -0.05) is 18.9 Å². The van der Waals surface area contributed by atoms with E-state index in [1.807, 2.05) is 26.8 Å². The quantitative estimate of drug-likeness (QED) is 0.781. The van der Waals surface area contributed by atoms with Gasteiger partial charge in [0.25, 0.3) is 5.91 Å². The van der Waals surface area contributed by atoms with Crippen LogP contribution in [-0.2, 0) is 4.79 Å². The molecular weight excluding hydrogens is 292 g/mol. The van der Waals surface area contributed by atoms with Gasteiger partial charge in [-0.25, -0.2) is 0 Å². The zero-order valence-corrected chi connectivity index (χ0v) is 14.1. The minimum absolute atomic E-state index is 0.0526. The van der Waals surface area contributed by atoms with Gasteiger partial charge in [-0.05, 0) is 51.3 Å². The molecule has 1 aromatic carbocycles. The molecule has 1 saturated carbocycles. The Labute approximate surface area is 137 Å². The van der Waals surface area contributed by atoms with Gasteiger partial charge in [0.05, 0.1) is 12.0 Å². The van der Waals surface area contributed by atoms with Gasteiger partial charge in [0.2, 0.25) is 5.91 Å². The van der Waals surface area contributed by atoms with Crippen LogP contribution in [0.2, 0.25) is 0 Å². The number of aryl methyl sites for hydroxylation is 1. The standard InChI is InChI=1S/C18H26N2O3/c1-12(2)19-17(22)15-10-14(7-6-13(15)3)20-16(21)11-18(23)8-4-5-9-18/h6-7,10,12,23H,4-5,8-9,11H2,1-3H3,(H,19,22)(H,20,21). The van der Waals surface area contributed by atoms with Crippen LogP contribution in [0, 0.1) is 6.92 Å². The minimum Gasteiger partial charge on any atom is -0.389 e. The summed E-state index contributed by atoms with van der Waals surface area (Å²) in [6, 6.07) is 5.33. The third kappa shape index (κ3) is 4.79. The molecule has 0 atom stereocenters. The Morgan fingerprint density at radius 1 is 1.26 bits per heavy atom. The van der Waals surface area contributed by atoms with Crippen LogP contribution >= 0.6 is 0 Å². The molecule has 1 aliphatic rings. The molecular formula is C18H26N2O3. The minimum atomic E-state index is -0.868. The van der Waals surface area contributed by atoms with Crippen LogP contribution in [0.15, 0.2) is 18.2 Å². The van der Waals surface area contributed by atoms with Crippen molar-refractivity contribution in [1.82, 2.24) is 5.32 Å². The fraction of sp³-hybridized carbons (Fsp3) is 0.556. The zero-order valence-electron chi connectivity index (χ0n) is 14.1. The molecule has 5 nitrogen and oxygen atoms in total. The van der Waals surface area contributed by atoms with Crippen molar-refractivity contribution in [3.63, 3.8) is 0 Å². The zero-order chi connectivity index (χ0) is 17.0. The molecule has 5 heteroatoms. The first kappa shape index (κ1) is 17.5. The van der Waals surface area contributed by atoms with Crippen molar-refractivity contribution < 1.29 is 14.7 Å². The topological polar surface area (TPSA) is 78.4 Å². The highest BCUT2D eigenvalue weighted by Gasteiger charge is 2.33. The highest BCUT2D eigenvalue weighted by Crippen LogP contribution is 2.32. The highest BCUT2D eigenvalue weighted by atomic mass is 16.3. The molecule has 1 fully saturated rings. The van der Waals surface area contributed by atoms with E-state index in [1.165, 1.54) is 0 Å². The third-order valence-electron chi connectivity index (χ3n) is 4.21. The van der Waals surface area contributed by atoms with Crippen LogP contribution in [0.25, 0.3) is 0 Å². The Morgan fingerprint density at radius 2 is 1.91 bits per heavy atom. The number of rotatable bonds is 5. The second-order valence-corrected chi connectivity index (χ2v) is 6.81. The van der Waals surface area contributed by atoms with Crippen molar-refractivity contribution in [2.75, 3.05) is 5.32 Å². The molecule has 0 spiro atoms. The first-order chi connectivity index (χ1) is 10.8.